The molecule has 0 aliphatic heterocycles. The number of primary sulfonamides is 1. The minimum atomic E-state index is -3.74. The smallest absolute Gasteiger partial charge is 0.274 e. The zero-order valence-corrected chi connectivity index (χ0v) is 18.4. The number of hydrogen-bond acceptors (Lipinski definition) is 5. The number of para-hydroxylation sites is 2. The highest BCUT2D eigenvalue weighted by Crippen LogP contribution is 2.23. The Morgan fingerprint density at radius 1 is 1.06 bits per heavy atom. The van der Waals surface area contributed by atoms with Crippen LogP contribution >= 0.6 is 11.3 Å². The van der Waals surface area contributed by atoms with Gasteiger partial charge in [-0.25, -0.2) is 22.9 Å². The van der Waals surface area contributed by atoms with Crippen molar-refractivity contribution in [2.24, 2.45) is 5.14 Å². The Balaban J connectivity index is 1.64. The van der Waals surface area contributed by atoms with Crippen LogP contribution in [-0.2, 0) is 10.0 Å². The topological polar surface area (TPSA) is 99.5 Å². The van der Waals surface area contributed by atoms with Crippen LogP contribution in [-0.4, -0.2) is 22.4 Å². The Hall–Kier alpha value is -3.27. The first-order valence-electron chi connectivity index (χ1n) is 9.48. The molecule has 31 heavy (non-hydrogen) atoms. The molecule has 0 spiro atoms. The molecule has 0 bridgehead atoms. The van der Waals surface area contributed by atoms with Crippen LogP contribution in [0.3, 0.4) is 0 Å². The maximum Gasteiger partial charge on any atom is 0.274 e. The average Bonchev–Trinajstić information content (AvgIpc) is 3.32. The van der Waals surface area contributed by atoms with Gasteiger partial charge in [0.2, 0.25) is 10.0 Å². The summed E-state index contributed by atoms with van der Waals surface area (Å²) in [6, 6.07) is 16.0. The maximum atomic E-state index is 13.0. The molecule has 3 heterocycles. The van der Waals surface area contributed by atoms with Gasteiger partial charge < -0.3 is 4.57 Å². The number of aryl methyl sites for hydroxylation is 1. The van der Waals surface area contributed by atoms with Crippen molar-refractivity contribution in [3.8, 4) is 5.69 Å². The minimum absolute atomic E-state index is 0.0654. The summed E-state index contributed by atoms with van der Waals surface area (Å²) in [5.41, 5.74) is 5.16. The molecular weight excluding hydrogens is 432 g/mol. The highest BCUT2D eigenvalue weighted by atomic mass is 32.2. The highest BCUT2D eigenvalue weighted by molar-refractivity contribution is 7.89. The average molecular weight is 451 g/mol. The Morgan fingerprint density at radius 3 is 2.48 bits per heavy atom. The van der Waals surface area contributed by atoms with Gasteiger partial charge in [-0.2, -0.15) is 0 Å². The van der Waals surface area contributed by atoms with Crippen molar-refractivity contribution in [3.05, 3.63) is 86.4 Å². The molecule has 3 aromatic heterocycles. The third-order valence-corrected chi connectivity index (χ3v) is 7.22. The Kier molecular flexibility index (Phi) is 4.37. The molecule has 0 amide bonds. The molecule has 9 heteroatoms. The molecular formula is C22H18N4O3S2. The molecule has 7 nitrogen and oxygen atoms in total. The monoisotopic (exact) mass is 450 g/mol. The Morgan fingerprint density at radius 2 is 1.77 bits per heavy atom. The fourth-order valence-electron chi connectivity index (χ4n) is 3.87. The normalized spacial score (nSPS) is 12.9. The quantitative estimate of drug-likeness (QED) is 0.457. The fraction of sp³-hybridized carbons (Fsp3) is 0.0909. The molecule has 0 aliphatic carbocycles. The van der Waals surface area contributed by atoms with Gasteiger partial charge in [0.1, 0.15) is 0 Å². The van der Waals surface area contributed by atoms with E-state index in [2.05, 4.69) is 4.98 Å². The molecule has 156 valence electrons. The van der Waals surface area contributed by atoms with Crippen LogP contribution in [0.15, 0.2) is 64.3 Å². The van der Waals surface area contributed by atoms with Crippen LogP contribution in [0.25, 0.3) is 27.8 Å². The van der Waals surface area contributed by atoms with Crippen LogP contribution in [0.1, 0.15) is 17.0 Å². The van der Waals surface area contributed by atoms with E-state index in [4.69, 9.17) is 5.14 Å². The van der Waals surface area contributed by atoms with E-state index in [1.165, 1.54) is 23.5 Å². The van der Waals surface area contributed by atoms with E-state index < -0.39 is 10.0 Å². The van der Waals surface area contributed by atoms with Crippen LogP contribution in [0.4, 0.5) is 0 Å². The largest absolute Gasteiger partial charge is 0.318 e. The van der Waals surface area contributed by atoms with E-state index in [-0.39, 0.29) is 10.5 Å². The molecule has 0 radical (unpaired) electrons. The van der Waals surface area contributed by atoms with Gasteiger partial charge in [-0.3, -0.25) is 4.79 Å². The number of fused-ring (bicyclic) bond motifs is 3. The van der Waals surface area contributed by atoms with Crippen molar-refractivity contribution < 1.29 is 8.42 Å². The summed E-state index contributed by atoms with van der Waals surface area (Å²) in [5, 5.41) is 5.19. The molecule has 2 N–H and O–H groups in total. The highest BCUT2D eigenvalue weighted by Gasteiger charge is 2.14. The molecule has 5 aromatic rings. The van der Waals surface area contributed by atoms with Crippen LogP contribution in [0.2, 0.25) is 0 Å². The second kappa shape index (κ2) is 6.88. The summed E-state index contributed by atoms with van der Waals surface area (Å²) in [7, 11) is -3.74. The van der Waals surface area contributed by atoms with Crippen molar-refractivity contribution in [3.63, 3.8) is 0 Å². The van der Waals surface area contributed by atoms with Crippen molar-refractivity contribution in [1.29, 1.82) is 0 Å². The predicted octanol–water partition coefficient (Wildman–Crippen LogP) is 2.51. The maximum absolute atomic E-state index is 13.0. The minimum Gasteiger partial charge on any atom is -0.318 e. The number of hydrogen-bond donors (Lipinski definition) is 1. The van der Waals surface area contributed by atoms with Crippen molar-refractivity contribution in [2.45, 2.75) is 18.7 Å². The molecule has 5 rings (SSSR count). The number of thiazole rings is 1. The lowest BCUT2D eigenvalue weighted by Crippen LogP contribution is -2.22. The summed E-state index contributed by atoms with van der Waals surface area (Å²) >= 11 is 1.36. The van der Waals surface area contributed by atoms with Crippen molar-refractivity contribution in [2.75, 3.05) is 0 Å². The number of nitrogens with zero attached hydrogens (tertiary/aromatic N) is 3. The number of benzene rings is 2. The lowest BCUT2D eigenvalue weighted by molar-refractivity contribution is 0.598. The van der Waals surface area contributed by atoms with Gasteiger partial charge in [0.25, 0.3) is 5.56 Å². The zero-order chi connectivity index (χ0) is 21.9. The molecule has 0 atom stereocenters. The van der Waals surface area contributed by atoms with Crippen molar-refractivity contribution >= 4 is 43.4 Å². The molecule has 0 fully saturated rings. The Labute approximate surface area is 181 Å². The molecule has 0 saturated carbocycles. The lowest BCUT2D eigenvalue weighted by atomic mass is 10.2. The summed E-state index contributed by atoms with van der Waals surface area (Å²) in [6.07, 6.45) is 1.88. The second-order valence-corrected chi connectivity index (χ2v) is 9.91. The molecule has 0 saturated heterocycles. The lowest BCUT2D eigenvalue weighted by Gasteiger charge is -2.10. The van der Waals surface area contributed by atoms with E-state index >= 15 is 0 Å². The molecule has 0 aliphatic rings. The zero-order valence-electron chi connectivity index (χ0n) is 16.7. The first-order chi connectivity index (χ1) is 14.7. The first-order valence-corrected chi connectivity index (χ1v) is 11.8. The van der Waals surface area contributed by atoms with E-state index in [0.29, 0.717) is 9.49 Å². The summed E-state index contributed by atoms with van der Waals surface area (Å²) in [4.78, 5) is 18.3. The van der Waals surface area contributed by atoms with Gasteiger partial charge >= 0.3 is 0 Å². The third kappa shape index (κ3) is 3.18. The second-order valence-electron chi connectivity index (χ2n) is 7.34. The van der Waals surface area contributed by atoms with Crippen molar-refractivity contribution in [1.82, 2.24) is 14.0 Å². The Bertz CT molecular complexity index is 1690. The molecule has 0 unspecified atom stereocenters. The number of sulfonamides is 1. The molecule has 2 aromatic carbocycles. The number of rotatable bonds is 3. The van der Waals surface area contributed by atoms with Gasteiger partial charge in [-0.05, 0) is 68.0 Å². The van der Waals surface area contributed by atoms with E-state index in [0.717, 1.165) is 33.7 Å². The van der Waals surface area contributed by atoms with E-state index in [9.17, 15) is 13.2 Å². The standard InChI is InChI=1S/C22H18N4O3S2/c1-13-11-15(14(2)25(13)16-7-9-17(10-8-16)31(23,28)29)12-20-21(27)26-19-6-4-3-5-18(19)24-22(26)30-20/h3-12H,1-2H3,(H2,23,28,29)/b20-12-. The van der Waals surface area contributed by atoms with Crippen LogP contribution in [0.5, 0.6) is 0 Å². The van der Waals surface area contributed by atoms with E-state index in [1.807, 2.05) is 54.8 Å². The first kappa shape index (κ1) is 19.7. The third-order valence-electron chi connectivity index (χ3n) is 5.33. The fourth-order valence-corrected chi connectivity index (χ4v) is 5.36. The van der Waals surface area contributed by atoms with E-state index in [1.54, 1.807) is 16.5 Å². The van der Waals surface area contributed by atoms with Gasteiger partial charge in [-0.15, -0.1) is 0 Å². The predicted molar refractivity (Wildman–Crippen MR) is 122 cm³/mol. The van der Waals surface area contributed by atoms with Crippen LogP contribution < -0.4 is 15.2 Å². The van der Waals surface area contributed by atoms with Gasteiger partial charge in [0, 0.05) is 17.1 Å². The summed E-state index contributed by atoms with van der Waals surface area (Å²) < 4.78 is 27.3. The number of imidazole rings is 1. The van der Waals surface area contributed by atoms with Gasteiger partial charge in [-0.1, -0.05) is 23.5 Å². The van der Waals surface area contributed by atoms with Gasteiger partial charge in [0.15, 0.2) is 4.96 Å². The summed E-state index contributed by atoms with van der Waals surface area (Å²) in [5.74, 6) is 0. The number of nitrogens with two attached hydrogens (primary N) is 1. The SMILES string of the molecule is Cc1cc(/C=c2\sc3nc4ccccc4n3c2=O)c(C)n1-c1ccc(S(N)(=O)=O)cc1. The summed E-state index contributed by atoms with van der Waals surface area (Å²) in [6.45, 7) is 3.93. The van der Waals surface area contributed by atoms with Gasteiger partial charge in [0.05, 0.1) is 20.5 Å². The number of aromatic nitrogens is 3. The van der Waals surface area contributed by atoms with Crippen LogP contribution in [0, 0.1) is 13.8 Å².